The van der Waals surface area contributed by atoms with E-state index in [1.165, 1.54) is 0 Å². The van der Waals surface area contributed by atoms with Gasteiger partial charge in [0.25, 0.3) is 0 Å². The van der Waals surface area contributed by atoms with Crippen LogP contribution in [-0.4, -0.2) is 23.0 Å². The standard InChI is InChI=1S/C6H13NO2/c7-4-6(5(8)9)2-1-3-6/h5,8-9H,1-4,7H2. The summed E-state index contributed by atoms with van der Waals surface area (Å²) >= 11 is 0. The fraction of sp³-hybridized carbons (Fsp3) is 1.00. The van der Waals surface area contributed by atoms with Gasteiger partial charge in [0, 0.05) is 12.0 Å². The van der Waals surface area contributed by atoms with Gasteiger partial charge in [-0.1, -0.05) is 6.42 Å². The molecule has 3 nitrogen and oxygen atoms in total. The highest BCUT2D eigenvalue weighted by molar-refractivity contribution is 4.89. The zero-order chi connectivity index (χ0) is 6.91. The largest absolute Gasteiger partial charge is 0.368 e. The molecule has 0 atom stereocenters. The van der Waals surface area contributed by atoms with Crippen LogP contribution < -0.4 is 5.73 Å². The third kappa shape index (κ3) is 0.956. The molecule has 1 saturated carbocycles. The van der Waals surface area contributed by atoms with Gasteiger partial charge in [0.1, 0.15) is 0 Å². The third-order valence-corrected chi connectivity index (χ3v) is 2.30. The van der Waals surface area contributed by atoms with E-state index in [4.69, 9.17) is 15.9 Å². The van der Waals surface area contributed by atoms with Crippen molar-refractivity contribution in [3.05, 3.63) is 0 Å². The molecule has 4 N–H and O–H groups in total. The first-order valence-electron chi connectivity index (χ1n) is 3.27. The summed E-state index contributed by atoms with van der Waals surface area (Å²) < 4.78 is 0. The van der Waals surface area contributed by atoms with Crippen LogP contribution in [0.2, 0.25) is 0 Å². The van der Waals surface area contributed by atoms with Crippen molar-refractivity contribution >= 4 is 0 Å². The van der Waals surface area contributed by atoms with E-state index in [1.807, 2.05) is 0 Å². The van der Waals surface area contributed by atoms with Gasteiger partial charge in [-0.25, -0.2) is 0 Å². The van der Waals surface area contributed by atoms with Crippen molar-refractivity contribution in [1.29, 1.82) is 0 Å². The Morgan fingerprint density at radius 2 is 2.00 bits per heavy atom. The van der Waals surface area contributed by atoms with Gasteiger partial charge in [-0.05, 0) is 12.8 Å². The van der Waals surface area contributed by atoms with Crippen LogP contribution in [0.15, 0.2) is 0 Å². The maximum absolute atomic E-state index is 8.80. The summed E-state index contributed by atoms with van der Waals surface area (Å²) in [6.45, 7) is 0.394. The highest BCUT2D eigenvalue weighted by Gasteiger charge is 2.41. The van der Waals surface area contributed by atoms with Crippen LogP contribution >= 0.6 is 0 Å². The monoisotopic (exact) mass is 131 g/mol. The average molecular weight is 131 g/mol. The summed E-state index contributed by atoms with van der Waals surface area (Å²) in [5, 5.41) is 17.6. The molecule has 0 spiro atoms. The first kappa shape index (κ1) is 6.99. The van der Waals surface area contributed by atoms with Crippen molar-refractivity contribution in [1.82, 2.24) is 0 Å². The van der Waals surface area contributed by atoms with E-state index in [0.29, 0.717) is 6.54 Å². The van der Waals surface area contributed by atoms with Gasteiger partial charge in [0.05, 0.1) is 0 Å². The molecule has 9 heavy (non-hydrogen) atoms. The zero-order valence-corrected chi connectivity index (χ0v) is 5.38. The normalized spacial score (nSPS) is 24.0. The van der Waals surface area contributed by atoms with Crippen LogP contribution in [-0.2, 0) is 0 Å². The lowest BCUT2D eigenvalue weighted by Crippen LogP contribution is -2.46. The third-order valence-electron chi connectivity index (χ3n) is 2.30. The Kier molecular flexibility index (Phi) is 1.75. The molecule has 0 aromatic rings. The van der Waals surface area contributed by atoms with Crippen molar-refractivity contribution in [2.75, 3.05) is 6.54 Å². The van der Waals surface area contributed by atoms with Crippen LogP contribution in [0.25, 0.3) is 0 Å². The zero-order valence-electron chi connectivity index (χ0n) is 5.38. The molecule has 0 unspecified atom stereocenters. The Labute approximate surface area is 54.5 Å². The minimum Gasteiger partial charge on any atom is -0.368 e. The number of rotatable bonds is 2. The van der Waals surface area contributed by atoms with Gasteiger partial charge in [0.2, 0.25) is 0 Å². The van der Waals surface area contributed by atoms with Crippen LogP contribution in [0.1, 0.15) is 19.3 Å². The average Bonchev–Trinajstić information content (AvgIpc) is 1.62. The van der Waals surface area contributed by atoms with E-state index in [1.54, 1.807) is 0 Å². The molecule has 54 valence electrons. The smallest absolute Gasteiger partial charge is 0.158 e. The Hall–Kier alpha value is -0.120. The number of nitrogens with two attached hydrogens (primary N) is 1. The summed E-state index contributed by atoms with van der Waals surface area (Å²) in [5.74, 6) is 0. The quantitative estimate of drug-likeness (QED) is 0.439. The molecule has 0 heterocycles. The van der Waals surface area contributed by atoms with Gasteiger partial charge < -0.3 is 15.9 Å². The van der Waals surface area contributed by atoms with Crippen molar-refractivity contribution < 1.29 is 10.2 Å². The van der Waals surface area contributed by atoms with E-state index in [0.717, 1.165) is 19.3 Å². The van der Waals surface area contributed by atoms with Gasteiger partial charge in [-0.2, -0.15) is 0 Å². The van der Waals surface area contributed by atoms with Crippen LogP contribution in [0.5, 0.6) is 0 Å². The molecule has 3 heteroatoms. The predicted octanol–water partition coefficient (Wildman–Crippen LogP) is -0.574. The Balaban J connectivity index is 2.46. The van der Waals surface area contributed by atoms with Gasteiger partial charge >= 0.3 is 0 Å². The van der Waals surface area contributed by atoms with Gasteiger partial charge in [-0.15, -0.1) is 0 Å². The molecule has 0 saturated heterocycles. The molecular formula is C6H13NO2. The summed E-state index contributed by atoms with van der Waals surface area (Å²) in [6, 6.07) is 0. The molecule has 0 bridgehead atoms. The first-order valence-corrected chi connectivity index (χ1v) is 3.27. The fourth-order valence-electron chi connectivity index (χ4n) is 1.20. The van der Waals surface area contributed by atoms with Gasteiger partial charge in [0.15, 0.2) is 6.29 Å². The Bertz CT molecular complexity index is 93.7. The van der Waals surface area contributed by atoms with E-state index < -0.39 is 6.29 Å². The molecule has 1 fully saturated rings. The number of aliphatic hydroxyl groups excluding tert-OH is 1. The van der Waals surface area contributed by atoms with Crippen LogP contribution in [0.4, 0.5) is 0 Å². The molecule has 0 aliphatic heterocycles. The maximum atomic E-state index is 8.80. The second-order valence-corrected chi connectivity index (χ2v) is 2.79. The Morgan fingerprint density at radius 1 is 1.44 bits per heavy atom. The topological polar surface area (TPSA) is 66.5 Å². The highest BCUT2D eigenvalue weighted by Crippen LogP contribution is 2.41. The maximum Gasteiger partial charge on any atom is 0.158 e. The molecule has 0 radical (unpaired) electrons. The highest BCUT2D eigenvalue weighted by atomic mass is 16.5. The predicted molar refractivity (Wildman–Crippen MR) is 33.6 cm³/mol. The van der Waals surface area contributed by atoms with Crippen LogP contribution in [0, 0.1) is 5.41 Å². The molecular weight excluding hydrogens is 118 g/mol. The van der Waals surface area contributed by atoms with E-state index >= 15 is 0 Å². The van der Waals surface area contributed by atoms with E-state index in [9.17, 15) is 0 Å². The lowest BCUT2D eigenvalue weighted by molar-refractivity contribution is -0.162. The number of aliphatic hydroxyl groups is 2. The second-order valence-electron chi connectivity index (χ2n) is 2.79. The first-order chi connectivity index (χ1) is 4.21. The summed E-state index contributed by atoms with van der Waals surface area (Å²) in [5.41, 5.74) is 5.00. The summed E-state index contributed by atoms with van der Waals surface area (Å²) in [7, 11) is 0. The van der Waals surface area contributed by atoms with E-state index in [2.05, 4.69) is 0 Å². The lowest BCUT2D eigenvalue weighted by atomic mass is 9.68. The van der Waals surface area contributed by atoms with Crippen molar-refractivity contribution in [3.8, 4) is 0 Å². The SMILES string of the molecule is NCC1(C(O)O)CCC1. The molecule has 1 aliphatic carbocycles. The van der Waals surface area contributed by atoms with Crippen molar-refractivity contribution in [2.45, 2.75) is 25.6 Å². The summed E-state index contributed by atoms with van der Waals surface area (Å²) in [4.78, 5) is 0. The minimum atomic E-state index is -1.21. The van der Waals surface area contributed by atoms with Gasteiger partial charge in [-0.3, -0.25) is 0 Å². The van der Waals surface area contributed by atoms with E-state index in [-0.39, 0.29) is 5.41 Å². The number of hydrogen-bond donors (Lipinski definition) is 3. The Morgan fingerprint density at radius 3 is 2.00 bits per heavy atom. The second kappa shape index (κ2) is 2.25. The van der Waals surface area contributed by atoms with Crippen LogP contribution in [0.3, 0.4) is 0 Å². The molecule has 0 aromatic carbocycles. The van der Waals surface area contributed by atoms with Crippen molar-refractivity contribution in [3.63, 3.8) is 0 Å². The molecule has 0 amide bonds. The number of hydrogen-bond acceptors (Lipinski definition) is 3. The molecule has 1 rings (SSSR count). The summed E-state index contributed by atoms with van der Waals surface area (Å²) in [6.07, 6.45) is 1.59. The van der Waals surface area contributed by atoms with Crippen molar-refractivity contribution in [2.24, 2.45) is 11.1 Å². The lowest BCUT2D eigenvalue weighted by Gasteiger charge is -2.41. The molecule has 0 aromatic heterocycles. The minimum absolute atomic E-state index is 0.347. The molecule has 1 aliphatic rings. The fourth-order valence-corrected chi connectivity index (χ4v) is 1.20.